The van der Waals surface area contributed by atoms with E-state index >= 15 is 0 Å². The van der Waals surface area contributed by atoms with Crippen molar-refractivity contribution in [2.75, 3.05) is 5.32 Å². The van der Waals surface area contributed by atoms with Crippen LogP contribution in [0.1, 0.15) is 26.3 Å². The van der Waals surface area contributed by atoms with Crippen molar-refractivity contribution in [1.82, 2.24) is 0 Å². The fourth-order valence-electron chi connectivity index (χ4n) is 1.43. The van der Waals surface area contributed by atoms with Gasteiger partial charge in [0.05, 0.1) is 5.69 Å². The van der Waals surface area contributed by atoms with Crippen molar-refractivity contribution >= 4 is 17.9 Å². The van der Waals surface area contributed by atoms with Crippen LogP contribution in [0.2, 0.25) is 0 Å². The molecule has 6 heteroatoms. The van der Waals surface area contributed by atoms with E-state index in [1.54, 1.807) is 32.9 Å². The highest BCUT2D eigenvalue weighted by Gasteiger charge is 2.17. The molecule has 5 nitrogen and oxygen atoms in total. The summed E-state index contributed by atoms with van der Waals surface area (Å²) in [4.78, 5) is 11.7. The predicted octanol–water partition coefficient (Wildman–Crippen LogP) is 3.60. The molecule has 1 N–H and O–H groups in total. The summed E-state index contributed by atoms with van der Waals surface area (Å²) in [6.45, 7) is 5.13. The van der Waals surface area contributed by atoms with Gasteiger partial charge >= 0.3 is 6.09 Å². The second-order valence-electron chi connectivity index (χ2n) is 5.14. The monoisotopic (exact) mass is 287 g/mol. The van der Waals surface area contributed by atoms with Gasteiger partial charge in [-0.05, 0) is 45.0 Å². The number of hydrogen-bond donors (Lipinski definition) is 1. The number of halogens is 1. The molecule has 0 saturated carbocycles. The Balaban J connectivity index is 3.09. The fraction of sp³-hybridized carbons (Fsp3) is 0.267. The topological polar surface area (TPSA) is 85.9 Å². The third kappa shape index (κ3) is 5.33. The minimum atomic E-state index is -0.709. The molecule has 0 aromatic heterocycles. The summed E-state index contributed by atoms with van der Waals surface area (Å²) >= 11 is 0. The summed E-state index contributed by atoms with van der Waals surface area (Å²) in [6, 6.07) is 6.94. The molecule has 1 aromatic rings. The Labute approximate surface area is 122 Å². The first-order valence-corrected chi connectivity index (χ1v) is 6.06. The van der Waals surface area contributed by atoms with Crippen molar-refractivity contribution in [2.45, 2.75) is 26.4 Å². The van der Waals surface area contributed by atoms with Gasteiger partial charge in [0.1, 0.15) is 29.1 Å². The molecule has 1 rings (SSSR count). The maximum absolute atomic E-state index is 13.3. The lowest BCUT2D eigenvalue weighted by molar-refractivity contribution is 0.0636. The van der Waals surface area contributed by atoms with Gasteiger partial charge in [-0.25, -0.2) is 9.18 Å². The molecule has 21 heavy (non-hydrogen) atoms. The van der Waals surface area contributed by atoms with Crippen molar-refractivity contribution in [3.05, 3.63) is 35.2 Å². The van der Waals surface area contributed by atoms with E-state index in [9.17, 15) is 9.18 Å². The first-order valence-electron chi connectivity index (χ1n) is 6.06. The molecule has 0 saturated heterocycles. The van der Waals surface area contributed by atoms with Crippen molar-refractivity contribution < 1.29 is 13.9 Å². The molecule has 0 aliphatic carbocycles. The maximum atomic E-state index is 13.3. The van der Waals surface area contributed by atoms with Crippen LogP contribution in [0.5, 0.6) is 0 Å². The van der Waals surface area contributed by atoms with Crippen molar-refractivity contribution in [3.8, 4) is 12.1 Å². The summed E-state index contributed by atoms with van der Waals surface area (Å²) in [5.41, 5.74) is -0.426. The van der Waals surface area contributed by atoms with E-state index < -0.39 is 17.5 Å². The van der Waals surface area contributed by atoms with Crippen LogP contribution in [0.3, 0.4) is 0 Å². The lowest BCUT2D eigenvalue weighted by Crippen LogP contribution is -2.27. The molecule has 1 aromatic carbocycles. The van der Waals surface area contributed by atoms with E-state index in [1.165, 1.54) is 12.1 Å². The lowest BCUT2D eigenvalue weighted by atomic mass is 10.1. The van der Waals surface area contributed by atoms with Crippen LogP contribution in [-0.4, -0.2) is 11.7 Å². The van der Waals surface area contributed by atoms with Gasteiger partial charge in [0.2, 0.25) is 0 Å². The minimum Gasteiger partial charge on any atom is -0.444 e. The molecule has 0 aliphatic heterocycles. The van der Waals surface area contributed by atoms with Crippen LogP contribution in [0, 0.1) is 28.5 Å². The summed E-state index contributed by atoms with van der Waals surface area (Å²) in [7, 11) is 0. The molecule has 108 valence electrons. The predicted molar refractivity (Wildman–Crippen MR) is 75.5 cm³/mol. The Morgan fingerprint density at radius 3 is 2.48 bits per heavy atom. The zero-order valence-corrected chi connectivity index (χ0v) is 11.9. The van der Waals surface area contributed by atoms with Crippen LogP contribution in [0.15, 0.2) is 23.8 Å². The molecule has 0 aliphatic rings. The van der Waals surface area contributed by atoms with Gasteiger partial charge in [0, 0.05) is 5.56 Å². The molecule has 0 bridgehead atoms. The number of hydrogen-bond acceptors (Lipinski definition) is 4. The Kier molecular flexibility index (Phi) is 5.04. The number of amides is 1. The smallest absolute Gasteiger partial charge is 0.412 e. The number of nitrogens with zero attached hydrogens (tertiary/aromatic N) is 2. The van der Waals surface area contributed by atoms with E-state index in [-0.39, 0.29) is 16.8 Å². The van der Waals surface area contributed by atoms with Crippen molar-refractivity contribution in [2.24, 2.45) is 0 Å². The average molecular weight is 287 g/mol. The molecule has 1 amide bonds. The summed E-state index contributed by atoms with van der Waals surface area (Å²) in [5.74, 6) is -0.550. The van der Waals surface area contributed by atoms with E-state index in [0.29, 0.717) is 0 Å². The third-order valence-electron chi connectivity index (χ3n) is 2.19. The zero-order valence-electron chi connectivity index (χ0n) is 11.9. The van der Waals surface area contributed by atoms with Crippen molar-refractivity contribution in [1.29, 1.82) is 10.5 Å². The number of carbonyl (C=O) groups excluding carboxylic acids is 1. The molecule has 0 fully saturated rings. The number of nitrogens with one attached hydrogen (secondary N) is 1. The molecule has 0 atom stereocenters. The van der Waals surface area contributed by atoms with Crippen LogP contribution in [0.25, 0.3) is 6.08 Å². The second kappa shape index (κ2) is 6.53. The van der Waals surface area contributed by atoms with Crippen LogP contribution in [0.4, 0.5) is 14.9 Å². The van der Waals surface area contributed by atoms with Crippen LogP contribution < -0.4 is 5.32 Å². The number of nitriles is 2. The highest BCUT2D eigenvalue weighted by atomic mass is 19.1. The van der Waals surface area contributed by atoms with Gasteiger partial charge < -0.3 is 4.74 Å². The third-order valence-corrected chi connectivity index (χ3v) is 2.19. The quantitative estimate of drug-likeness (QED) is 0.842. The Bertz CT molecular complexity index is 645. The minimum absolute atomic E-state index is 0.201. The zero-order chi connectivity index (χ0) is 16.0. The standard InChI is InChI=1S/C15H14FN3O2/c1-15(2,3)21-14(20)19-13-5-4-12(16)7-11(13)6-10(8-17)9-18/h4-7H,1-3H3,(H,19,20). The lowest BCUT2D eigenvalue weighted by Gasteiger charge is -2.20. The molecular weight excluding hydrogens is 273 g/mol. The Hall–Kier alpha value is -2.86. The summed E-state index contributed by atoms with van der Waals surface area (Å²) in [6.07, 6.45) is 0.481. The largest absolute Gasteiger partial charge is 0.444 e. The van der Waals surface area contributed by atoms with Gasteiger partial charge in [0.25, 0.3) is 0 Å². The SMILES string of the molecule is CC(C)(C)OC(=O)Nc1ccc(F)cc1C=C(C#N)C#N. The second-order valence-corrected chi connectivity index (χ2v) is 5.14. The first kappa shape index (κ1) is 16.2. The first-order chi connectivity index (χ1) is 9.75. The van der Waals surface area contributed by atoms with Gasteiger partial charge in [-0.15, -0.1) is 0 Å². The molecule has 0 heterocycles. The van der Waals surface area contributed by atoms with Crippen LogP contribution >= 0.6 is 0 Å². The fourth-order valence-corrected chi connectivity index (χ4v) is 1.43. The normalized spacial score (nSPS) is 10.0. The number of anilines is 1. The molecular formula is C15H14FN3O2. The highest BCUT2D eigenvalue weighted by molar-refractivity contribution is 5.88. The number of ether oxygens (including phenoxy) is 1. The Morgan fingerprint density at radius 1 is 1.33 bits per heavy atom. The Morgan fingerprint density at radius 2 is 1.95 bits per heavy atom. The van der Waals surface area contributed by atoms with E-state index in [1.807, 2.05) is 0 Å². The molecule has 0 radical (unpaired) electrons. The van der Waals surface area contributed by atoms with Gasteiger partial charge in [-0.3, -0.25) is 5.32 Å². The van der Waals surface area contributed by atoms with Crippen LogP contribution in [-0.2, 0) is 4.74 Å². The van der Waals surface area contributed by atoms with Gasteiger partial charge in [0.15, 0.2) is 0 Å². The number of allylic oxidation sites excluding steroid dienone is 1. The average Bonchev–Trinajstić information content (AvgIpc) is 2.36. The summed E-state index contributed by atoms with van der Waals surface area (Å²) in [5, 5.41) is 19.9. The number of carbonyl (C=O) groups is 1. The van der Waals surface area contributed by atoms with Crippen molar-refractivity contribution in [3.63, 3.8) is 0 Å². The van der Waals surface area contributed by atoms with Gasteiger partial charge in [-0.2, -0.15) is 10.5 Å². The van der Waals surface area contributed by atoms with E-state index in [2.05, 4.69) is 5.32 Å². The summed E-state index contributed by atoms with van der Waals surface area (Å²) < 4.78 is 18.4. The van der Waals surface area contributed by atoms with E-state index in [4.69, 9.17) is 15.3 Å². The number of rotatable bonds is 2. The molecule has 0 spiro atoms. The van der Waals surface area contributed by atoms with Gasteiger partial charge in [-0.1, -0.05) is 0 Å². The highest BCUT2D eigenvalue weighted by Crippen LogP contribution is 2.21. The number of benzene rings is 1. The molecule has 0 unspecified atom stereocenters. The maximum Gasteiger partial charge on any atom is 0.412 e. The van der Waals surface area contributed by atoms with E-state index in [0.717, 1.165) is 12.1 Å².